The molecule has 0 saturated heterocycles. The van der Waals surface area contributed by atoms with Crippen molar-refractivity contribution in [1.82, 2.24) is 25.0 Å². The lowest BCUT2D eigenvalue weighted by atomic mass is 10.2. The molecule has 0 aliphatic carbocycles. The van der Waals surface area contributed by atoms with E-state index >= 15 is 0 Å². The van der Waals surface area contributed by atoms with Crippen LogP contribution in [0.25, 0.3) is 0 Å². The number of halogens is 1. The minimum absolute atomic E-state index is 0.271. The topological polar surface area (TPSA) is 98.7 Å². The summed E-state index contributed by atoms with van der Waals surface area (Å²) in [6.45, 7) is 3.66. The molecule has 0 aliphatic rings. The summed E-state index contributed by atoms with van der Waals surface area (Å²) in [4.78, 5) is 16.0. The molecular formula is C15H15FN6O2S. The van der Waals surface area contributed by atoms with Gasteiger partial charge in [0.2, 0.25) is 11.8 Å². The first kappa shape index (κ1) is 17.1. The first-order valence-corrected chi connectivity index (χ1v) is 8.27. The predicted octanol–water partition coefficient (Wildman–Crippen LogP) is 2.28. The molecule has 1 N–H and O–H groups in total. The highest BCUT2D eigenvalue weighted by atomic mass is 32.2. The number of carbonyl (C=O) groups is 1. The quantitative estimate of drug-likeness (QED) is 0.672. The molecule has 1 unspecified atom stereocenters. The molecule has 0 radical (unpaired) electrons. The molecule has 0 spiro atoms. The summed E-state index contributed by atoms with van der Waals surface area (Å²) in [7, 11) is 0. The summed E-state index contributed by atoms with van der Waals surface area (Å²) >= 11 is 1.12. The lowest BCUT2D eigenvalue weighted by Gasteiger charge is -2.10. The molecule has 130 valence electrons. The van der Waals surface area contributed by atoms with Crippen LogP contribution in [-0.4, -0.2) is 36.1 Å². The molecule has 3 rings (SSSR count). The third kappa shape index (κ3) is 4.41. The van der Waals surface area contributed by atoms with E-state index in [1.807, 2.05) is 0 Å². The molecule has 0 aliphatic heterocycles. The summed E-state index contributed by atoms with van der Waals surface area (Å²) in [6, 6.07) is 4.54. The van der Waals surface area contributed by atoms with E-state index in [0.717, 1.165) is 11.8 Å². The van der Waals surface area contributed by atoms with Crippen molar-refractivity contribution in [2.75, 3.05) is 5.32 Å². The van der Waals surface area contributed by atoms with E-state index in [4.69, 9.17) is 4.42 Å². The number of anilines is 1. The number of hydrogen-bond acceptors (Lipinski definition) is 7. The highest BCUT2D eigenvalue weighted by Crippen LogP contribution is 2.23. The fourth-order valence-electron chi connectivity index (χ4n) is 1.92. The SMILES string of the molecule is Cc1ccc(NC(=O)C(C)Sc2nnc(Cn3cncn3)o2)cc1F. The summed E-state index contributed by atoms with van der Waals surface area (Å²) in [5.74, 6) is -0.293. The van der Waals surface area contributed by atoms with Crippen molar-refractivity contribution in [3.05, 3.63) is 48.1 Å². The molecule has 8 nitrogen and oxygen atoms in total. The van der Waals surface area contributed by atoms with E-state index in [9.17, 15) is 9.18 Å². The number of hydrogen-bond donors (Lipinski definition) is 1. The minimum Gasteiger partial charge on any atom is -0.414 e. The standard InChI is InChI=1S/C15H15FN6O2S/c1-9-3-4-11(5-12(9)16)19-14(23)10(2)25-15-21-20-13(24-15)6-22-8-17-7-18-22/h3-5,7-8,10H,6H2,1-2H3,(H,19,23). The fraction of sp³-hybridized carbons (Fsp3) is 0.267. The summed E-state index contributed by atoms with van der Waals surface area (Å²) in [5.41, 5.74) is 0.921. The molecule has 3 aromatic rings. The number of benzene rings is 1. The molecule has 2 aromatic heterocycles. The Bertz CT molecular complexity index is 867. The largest absolute Gasteiger partial charge is 0.414 e. The van der Waals surface area contributed by atoms with Crippen LogP contribution in [0.2, 0.25) is 0 Å². The van der Waals surface area contributed by atoms with Crippen molar-refractivity contribution < 1.29 is 13.6 Å². The first-order chi connectivity index (χ1) is 12.0. The van der Waals surface area contributed by atoms with E-state index in [1.54, 1.807) is 30.7 Å². The second kappa shape index (κ2) is 7.43. The number of carbonyl (C=O) groups excluding carboxylic acids is 1. The summed E-state index contributed by atoms with van der Waals surface area (Å²) in [5, 5.41) is 14.2. The number of amides is 1. The van der Waals surface area contributed by atoms with Gasteiger partial charge in [-0.15, -0.1) is 10.2 Å². The van der Waals surface area contributed by atoms with Gasteiger partial charge in [-0.25, -0.2) is 14.1 Å². The van der Waals surface area contributed by atoms with E-state index in [0.29, 0.717) is 23.7 Å². The number of aryl methyl sites for hydroxylation is 1. The van der Waals surface area contributed by atoms with Gasteiger partial charge in [0.1, 0.15) is 25.0 Å². The molecule has 1 amide bonds. The molecular weight excluding hydrogens is 347 g/mol. The molecule has 10 heteroatoms. The van der Waals surface area contributed by atoms with Gasteiger partial charge in [-0.05, 0) is 31.5 Å². The molecule has 1 atom stereocenters. The molecule has 0 bridgehead atoms. The molecule has 0 saturated carbocycles. The average molecular weight is 362 g/mol. The zero-order chi connectivity index (χ0) is 17.8. The number of nitrogens with one attached hydrogen (secondary N) is 1. The second-order valence-corrected chi connectivity index (χ2v) is 6.56. The Hall–Kier alpha value is -2.75. The Kier molecular flexibility index (Phi) is 5.08. The van der Waals surface area contributed by atoms with Gasteiger partial charge in [-0.1, -0.05) is 17.8 Å². The Balaban J connectivity index is 1.57. The van der Waals surface area contributed by atoms with E-state index in [1.165, 1.54) is 18.7 Å². The van der Waals surface area contributed by atoms with Crippen molar-refractivity contribution in [1.29, 1.82) is 0 Å². The van der Waals surface area contributed by atoms with Crippen LogP contribution in [0.1, 0.15) is 18.4 Å². The predicted molar refractivity (Wildman–Crippen MR) is 88.5 cm³/mol. The van der Waals surface area contributed by atoms with Gasteiger partial charge in [0, 0.05) is 5.69 Å². The van der Waals surface area contributed by atoms with Gasteiger partial charge in [-0.3, -0.25) is 4.79 Å². The van der Waals surface area contributed by atoms with Crippen molar-refractivity contribution in [3.63, 3.8) is 0 Å². The maximum absolute atomic E-state index is 13.5. The lowest BCUT2D eigenvalue weighted by molar-refractivity contribution is -0.115. The highest BCUT2D eigenvalue weighted by Gasteiger charge is 2.19. The smallest absolute Gasteiger partial charge is 0.277 e. The number of nitrogens with zero attached hydrogens (tertiary/aromatic N) is 5. The number of thioether (sulfide) groups is 1. The first-order valence-electron chi connectivity index (χ1n) is 7.40. The lowest BCUT2D eigenvalue weighted by Crippen LogP contribution is -2.22. The summed E-state index contributed by atoms with van der Waals surface area (Å²) in [6.07, 6.45) is 2.94. The Morgan fingerprint density at radius 2 is 2.28 bits per heavy atom. The van der Waals surface area contributed by atoms with Crippen LogP contribution in [-0.2, 0) is 11.3 Å². The Labute approximate surface area is 146 Å². The van der Waals surface area contributed by atoms with E-state index < -0.39 is 5.25 Å². The fourth-order valence-corrected chi connectivity index (χ4v) is 2.62. The van der Waals surface area contributed by atoms with Crippen LogP contribution >= 0.6 is 11.8 Å². The van der Waals surface area contributed by atoms with E-state index in [2.05, 4.69) is 25.6 Å². The zero-order valence-corrected chi connectivity index (χ0v) is 14.3. The van der Waals surface area contributed by atoms with Crippen molar-refractivity contribution >= 4 is 23.4 Å². The van der Waals surface area contributed by atoms with Gasteiger partial charge < -0.3 is 9.73 Å². The molecule has 2 heterocycles. The second-order valence-electron chi connectivity index (χ2n) is 5.27. The van der Waals surface area contributed by atoms with Gasteiger partial charge in [0.25, 0.3) is 5.22 Å². The summed E-state index contributed by atoms with van der Waals surface area (Å²) < 4.78 is 20.6. The normalized spacial score (nSPS) is 12.1. The van der Waals surface area contributed by atoms with E-state index in [-0.39, 0.29) is 16.9 Å². The van der Waals surface area contributed by atoms with Crippen LogP contribution in [0.4, 0.5) is 10.1 Å². The van der Waals surface area contributed by atoms with Crippen LogP contribution in [0, 0.1) is 12.7 Å². The number of rotatable bonds is 6. The zero-order valence-electron chi connectivity index (χ0n) is 13.5. The maximum Gasteiger partial charge on any atom is 0.277 e. The van der Waals surface area contributed by atoms with Crippen molar-refractivity contribution in [2.45, 2.75) is 30.9 Å². The van der Waals surface area contributed by atoms with Crippen LogP contribution < -0.4 is 5.32 Å². The molecule has 25 heavy (non-hydrogen) atoms. The van der Waals surface area contributed by atoms with Gasteiger partial charge in [-0.2, -0.15) is 5.10 Å². The van der Waals surface area contributed by atoms with Crippen LogP contribution in [0.3, 0.4) is 0 Å². The van der Waals surface area contributed by atoms with Crippen LogP contribution in [0.5, 0.6) is 0 Å². The highest BCUT2D eigenvalue weighted by molar-refractivity contribution is 8.00. The Morgan fingerprint density at radius 1 is 1.44 bits per heavy atom. The van der Waals surface area contributed by atoms with Crippen LogP contribution in [0.15, 0.2) is 40.5 Å². The monoisotopic (exact) mass is 362 g/mol. The van der Waals surface area contributed by atoms with Gasteiger partial charge in [0.15, 0.2) is 0 Å². The maximum atomic E-state index is 13.5. The minimum atomic E-state index is -0.496. The molecule has 0 fully saturated rings. The Morgan fingerprint density at radius 3 is 3.00 bits per heavy atom. The van der Waals surface area contributed by atoms with Gasteiger partial charge >= 0.3 is 0 Å². The van der Waals surface area contributed by atoms with Gasteiger partial charge in [0.05, 0.1) is 5.25 Å². The molecule has 1 aromatic carbocycles. The number of aromatic nitrogens is 5. The third-order valence-corrected chi connectivity index (χ3v) is 4.23. The average Bonchev–Trinajstić information content (AvgIpc) is 3.23. The third-order valence-electron chi connectivity index (χ3n) is 3.30. The van der Waals surface area contributed by atoms with Crippen molar-refractivity contribution in [2.24, 2.45) is 0 Å². The van der Waals surface area contributed by atoms with Crippen molar-refractivity contribution in [3.8, 4) is 0 Å².